The average molecular weight is 151 g/mol. The smallest absolute Gasteiger partial charge is 0.254 e. The van der Waals surface area contributed by atoms with Gasteiger partial charge < -0.3 is 11.6 Å². The van der Waals surface area contributed by atoms with E-state index < -0.39 is 11.8 Å². The number of nitrogens with two attached hydrogens (primary N) is 2. The lowest BCUT2D eigenvalue weighted by molar-refractivity contribution is -0.00751. The van der Waals surface area contributed by atoms with Gasteiger partial charge in [-0.05, 0) is 6.92 Å². The molecule has 5 heteroatoms. The molecule has 0 aromatic heterocycles. The van der Waals surface area contributed by atoms with Crippen molar-refractivity contribution in [3.05, 3.63) is 0 Å². The second kappa shape index (κ2) is 2.81. The van der Waals surface area contributed by atoms with E-state index in [4.69, 9.17) is 11.6 Å². The monoisotopic (exact) mass is 151 g/mol. The molecule has 0 aliphatic rings. The van der Waals surface area contributed by atoms with E-state index in [9.17, 15) is 8.78 Å². The summed E-state index contributed by atoms with van der Waals surface area (Å²) >= 11 is 0. The highest BCUT2D eigenvalue weighted by atomic mass is 19.3. The second-order valence-corrected chi connectivity index (χ2v) is 2.23. The first-order valence-electron chi connectivity index (χ1n) is 2.80. The highest BCUT2D eigenvalue weighted by Crippen LogP contribution is 2.22. The number of hydrogen-bond donors (Lipinski definition) is 2. The molecule has 60 valence electrons. The van der Waals surface area contributed by atoms with Crippen molar-refractivity contribution < 1.29 is 8.78 Å². The molecule has 4 N–H and O–H groups in total. The van der Waals surface area contributed by atoms with Crippen molar-refractivity contribution in [3.63, 3.8) is 0 Å². The fourth-order valence-corrected chi connectivity index (χ4v) is 0.371. The predicted octanol–water partition coefficient (Wildman–Crippen LogP) is 0.509. The molecule has 0 heterocycles. The Bertz CT molecular complexity index is 138. The molecule has 0 rings (SSSR count). The molecule has 0 bridgehead atoms. The summed E-state index contributed by atoms with van der Waals surface area (Å²) in [7, 11) is 0. The number of nitrogens with zero attached hydrogens (tertiary/aromatic N) is 1. The summed E-state index contributed by atoms with van der Waals surface area (Å²) in [6.07, 6.45) is 0. The largest absolute Gasteiger partial charge is 0.385 e. The maximum absolute atomic E-state index is 12.3. The number of amidine groups is 1. The van der Waals surface area contributed by atoms with Gasteiger partial charge in [0, 0.05) is 6.92 Å². The van der Waals surface area contributed by atoms with Crippen LogP contribution >= 0.6 is 0 Å². The Hall–Kier alpha value is -0.870. The van der Waals surface area contributed by atoms with Crippen LogP contribution in [0.5, 0.6) is 0 Å². The van der Waals surface area contributed by atoms with Gasteiger partial charge in [0.2, 0.25) is 0 Å². The molecular weight excluding hydrogens is 140 g/mol. The third-order valence-corrected chi connectivity index (χ3v) is 1.35. The normalized spacial score (nSPS) is 17.0. The number of hydrogen-bond acceptors (Lipinski definition) is 2. The zero-order valence-electron chi connectivity index (χ0n) is 5.94. The quantitative estimate of drug-likeness (QED) is 0.261. The molecule has 1 atom stereocenters. The van der Waals surface area contributed by atoms with Crippen LogP contribution in [0, 0.1) is 5.92 Å². The molecule has 0 aliphatic heterocycles. The maximum Gasteiger partial charge on any atom is 0.254 e. The van der Waals surface area contributed by atoms with Crippen LogP contribution in [0.2, 0.25) is 0 Å². The van der Waals surface area contributed by atoms with Crippen molar-refractivity contribution in [1.82, 2.24) is 0 Å². The van der Waals surface area contributed by atoms with Crippen LogP contribution in [0.1, 0.15) is 13.8 Å². The summed E-state index contributed by atoms with van der Waals surface area (Å²) in [6.45, 7) is 2.04. The molecule has 0 fully saturated rings. The molecule has 0 aliphatic carbocycles. The average Bonchev–Trinajstić information content (AvgIpc) is 1.83. The summed E-state index contributed by atoms with van der Waals surface area (Å²) in [5.41, 5.74) is 5.05. The van der Waals surface area contributed by atoms with Crippen molar-refractivity contribution in [1.29, 1.82) is 0 Å². The first-order valence-corrected chi connectivity index (χ1v) is 2.80. The zero-order chi connectivity index (χ0) is 8.36. The van der Waals surface area contributed by atoms with Gasteiger partial charge in [0.25, 0.3) is 5.92 Å². The predicted molar refractivity (Wildman–Crippen MR) is 35.6 cm³/mol. The molecule has 0 amide bonds. The molecule has 0 spiro atoms. The second-order valence-electron chi connectivity index (χ2n) is 2.23. The molecule has 10 heavy (non-hydrogen) atoms. The highest BCUT2D eigenvalue weighted by molar-refractivity contribution is 5.82. The SMILES string of the molecule is CC(/C(N)=N/N)C(C)(F)F. The Morgan fingerprint density at radius 1 is 1.60 bits per heavy atom. The minimum Gasteiger partial charge on any atom is -0.385 e. The minimum atomic E-state index is -2.85. The van der Waals surface area contributed by atoms with Crippen LogP contribution in [-0.2, 0) is 0 Å². The van der Waals surface area contributed by atoms with Gasteiger partial charge in [-0.1, -0.05) is 0 Å². The van der Waals surface area contributed by atoms with Gasteiger partial charge in [-0.2, -0.15) is 5.10 Å². The van der Waals surface area contributed by atoms with Crippen LogP contribution in [0.15, 0.2) is 5.10 Å². The van der Waals surface area contributed by atoms with Crippen molar-refractivity contribution in [2.75, 3.05) is 0 Å². The molecular formula is C5H11F2N3. The van der Waals surface area contributed by atoms with E-state index >= 15 is 0 Å². The fraction of sp³-hybridized carbons (Fsp3) is 0.800. The lowest BCUT2D eigenvalue weighted by atomic mass is 10.1. The zero-order valence-corrected chi connectivity index (χ0v) is 5.94. The Morgan fingerprint density at radius 3 is 2.10 bits per heavy atom. The fourth-order valence-electron chi connectivity index (χ4n) is 0.371. The van der Waals surface area contributed by atoms with Gasteiger partial charge in [0.05, 0.1) is 5.92 Å². The standard InChI is InChI=1S/C5H11F2N3/c1-3(4(8)10-9)5(2,6)7/h3H,9H2,1-2H3,(H2,8,10). The van der Waals surface area contributed by atoms with Crippen LogP contribution in [0.25, 0.3) is 0 Å². The van der Waals surface area contributed by atoms with Gasteiger partial charge >= 0.3 is 0 Å². The van der Waals surface area contributed by atoms with Gasteiger partial charge in [-0.15, -0.1) is 0 Å². The number of alkyl halides is 2. The van der Waals surface area contributed by atoms with E-state index in [0.29, 0.717) is 0 Å². The number of rotatable bonds is 2. The van der Waals surface area contributed by atoms with Crippen LogP contribution < -0.4 is 11.6 Å². The van der Waals surface area contributed by atoms with E-state index in [2.05, 4.69) is 5.10 Å². The van der Waals surface area contributed by atoms with E-state index in [1.165, 1.54) is 6.92 Å². The topological polar surface area (TPSA) is 64.4 Å². The van der Waals surface area contributed by atoms with Gasteiger partial charge in [0.15, 0.2) is 0 Å². The molecule has 3 nitrogen and oxygen atoms in total. The molecule has 0 saturated carbocycles. The molecule has 0 aromatic carbocycles. The molecule has 0 saturated heterocycles. The van der Waals surface area contributed by atoms with Crippen molar-refractivity contribution in [2.24, 2.45) is 22.6 Å². The van der Waals surface area contributed by atoms with E-state index in [1.54, 1.807) is 0 Å². The van der Waals surface area contributed by atoms with E-state index in [0.717, 1.165) is 6.92 Å². The van der Waals surface area contributed by atoms with Crippen LogP contribution in [-0.4, -0.2) is 11.8 Å². The maximum atomic E-state index is 12.3. The lowest BCUT2D eigenvalue weighted by Gasteiger charge is -2.17. The van der Waals surface area contributed by atoms with Crippen molar-refractivity contribution in [3.8, 4) is 0 Å². The third kappa shape index (κ3) is 2.16. The van der Waals surface area contributed by atoms with Crippen molar-refractivity contribution >= 4 is 5.84 Å². The molecule has 1 unspecified atom stereocenters. The third-order valence-electron chi connectivity index (χ3n) is 1.35. The summed E-state index contributed by atoms with van der Waals surface area (Å²) in [4.78, 5) is 0. The first-order chi connectivity index (χ1) is 4.39. The van der Waals surface area contributed by atoms with Gasteiger partial charge in [0.1, 0.15) is 5.84 Å². The van der Waals surface area contributed by atoms with Crippen molar-refractivity contribution in [2.45, 2.75) is 19.8 Å². The minimum absolute atomic E-state index is 0.229. The first kappa shape index (κ1) is 9.13. The van der Waals surface area contributed by atoms with E-state index in [-0.39, 0.29) is 5.84 Å². The number of hydrazone groups is 1. The lowest BCUT2D eigenvalue weighted by Crippen LogP contribution is -2.35. The molecule has 0 radical (unpaired) electrons. The van der Waals surface area contributed by atoms with Crippen LogP contribution in [0.3, 0.4) is 0 Å². The number of halogens is 2. The summed E-state index contributed by atoms with van der Waals surface area (Å²) < 4.78 is 24.7. The Kier molecular flexibility index (Phi) is 2.56. The highest BCUT2D eigenvalue weighted by Gasteiger charge is 2.32. The molecule has 0 aromatic rings. The summed E-state index contributed by atoms with van der Waals surface area (Å²) in [6, 6.07) is 0. The Labute approximate surface area is 58.1 Å². The summed E-state index contributed by atoms with van der Waals surface area (Å²) in [5, 5.41) is 2.97. The Morgan fingerprint density at radius 2 is 2.00 bits per heavy atom. The van der Waals surface area contributed by atoms with Gasteiger partial charge in [-0.25, -0.2) is 8.78 Å². The Balaban J connectivity index is 4.23. The summed E-state index contributed by atoms with van der Waals surface area (Å²) in [5.74, 6) is 0.516. The van der Waals surface area contributed by atoms with E-state index in [1.807, 2.05) is 0 Å². The van der Waals surface area contributed by atoms with Crippen LogP contribution in [0.4, 0.5) is 8.78 Å². The van der Waals surface area contributed by atoms with Gasteiger partial charge in [-0.3, -0.25) is 0 Å².